The molecule has 2 fully saturated rings. The summed E-state index contributed by atoms with van der Waals surface area (Å²) in [5.41, 5.74) is 0.932. The fourth-order valence-electron chi connectivity index (χ4n) is 4.02. The molecule has 1 aromatic rings. The number of carbonyl (C=O) groups is 3. The summed E-state index contributed by atoms with van der Waals surface area (Å²) in [6, 6.07) is 9.12. The van der Waals surface area contributed by atoms with E-state index >= 15 is 0 Å². The molecular weight excluding hydrogens is 320 g/mol. The molecule has 3 rings (SSSR count). The molecule has 1 aromatic carbocycles. The van der Waals surface area contributed by atoms with E-state index in [1.165, 1.54) is 7.11 Å². The summed E-state index contributed by atoms with van der Waals surface area (Å²) in [6.45, 7) is 2.53. The summed E-state index contributed by atoms with van der Waals surface area (Å²) in [6.07, 6.45) is 1.73. The van der Waals surface area contributed by atoms with Gasteiger partial charge in [0.25, 0.3) is 0 Å². The molecule has 2 amide bonds. The largest absolute Gasteiger partial charge is 0.469 e. The lowest BCUT2D eigenvalue weighted by Crippen LogP contribution is -2.55. The maximum absolute atomic E-state index is 12.8. The molecule has 0 spiro atoms. The van der Waals surface area contributed by atoms with Crippen LogP contribution < -0.4 is 0 Å². The van der Waals surface area contributed by atoms with Crippen LogP contribution in [0.2, 0.25) is 0 Å². The molecule has 2 heterocycles. The first kappa shape index (κ1) is 17.5. The van der Waals surface area contributed by atoms with Crippen LogP contribution in [0.25, 0.3) is 0 Å². The second kappa shape index (κ2) is 7.25. The molecule has 0 unspecified atom stereocenters. The predicted molar refractivity (Wildman–Crippen MR) is 91.4 cm³/mol. The van der Waals surface area contributed by atoms with Gasteiger partial charge >= 0.3 is 5.97 Å². The molecule has 6 heteroatoms. The van der Waals surface area contributed by atoms with Crippen molar-refractivity contribution in [2.24, 2.45) is 5.92 Å². The minimum absolute atomic E-state index is 0.00767. The number of benzene rings is 1. The van der Waals surface area contributed by atoms with E-state index in [0.29, 0.717) is 19.4 Å². The van der Waals surface area contributed by atoms with Gasteiger partial charge in [0.1, 0.15) is 0 Å². The van der Waals surface area contributed by atoms with Gasteiger partial charge in [-0.15, -0.1) is 0 Å². The van der Waals surface area contributed by atoms with Crippen LogP contribution in [0.5, 0.6) is 0 Å². The van der Waals surface area contributed by atoms with Crippen molar-refractivity contribution in [3.05, 3.63) is 35.9 Å². The van der Waals surface area contributed by atoms with E-state index in [4.69, 9.17) is 4.74 Å². The van der Waals surface area contributed by atoms with Gasteiger partial charge < -0.3 is 14.5 Å². The Morgan fingerprint density at radius 3 is 2.60 bits per heavy atom. The first-order chi connectivity index (χ1) is 12.1. The van der Waals surface area contributed by atoms with Crippen molar-refractivity contribution in [1.82, 2.24) is 9.80 Å². The Morgan fingerprint density at radius 1 is 1.24 bits per heavy atom. The van der Waals surface area contributed by atoms with E-state index in [1.54, 1.807) is 9.80 Å². The molecule has 0 N–H and O–H groups in total. The highest BCUT2D eigenvalue weighted by Crippen LogP contribution is 2.43. The van der Waals surface area contributed by atoms with Crippen LogP contribution >= 0.6 is 0 Å². The first-order valence-corrected chi connectivity index (χ1v) is 8.78. The third-order valence-corrected chi connectivity index (χ3v) is 5.11. The Kier molecular flexibility index (Phi) is 5.06. The zero-order valence-electron chi connectivity index (χ0n) is 14.7. The zero-order valence-corrected chi connectivity index (χ0v) is 14.7. The van der Waals surface area contributed by atoms with Crippen LogP contribution in [0.15, 0.2) is 30.3 Å². The fraction of sp³-hybridized carbons (Fsp3) is 0.526. The summed E-state index contributed by atoms with van der Waals surface area (Å²) < 4.78 is 4.98. The highest BCUT2D eigenvalue weighted by molar-refractivity contribution is 5.88. The van der Waals surface area contributed by atoms with Crippen molar-refractivity contribution in [2.75, 3.05) is 20.2 Å². The molecule has 0 aliphatic carbocycles. The van der Waals surface area contributed by atoms with Gasteiger partial charge in [-0.1, -0.05) is 37.3 Å². The van der Waals surface area contributed by atoms with E-state index < -0.39 is 5.92 Å². The van der Waals surface area contributed by atoms with Crippen LogP contribution in [0.3, 0.4) is 0 Å². The molecule has 2 aliphatic heterocycles. The number of fused-ring (bicyclic) bond motifs is 1. The average Bonchev–Trinajstić information content (AvgIpc) is 3.02. The molecule has 134 valence electrons. The molecule has 0 bridgehead atoms. The lowest BCUT2D eigenvalue weighted by Gasteiger charge is -2.40. The number of ether oxygens (including phenoxy) is 1. The summed E-state index contributed by atoms with van der Waals surface area (Å²) in [5.74, 6) is -0.792. The molecule has 0 saturated carbocycles. The molecule has 3 atom stereocenters. The molecular formula is C19H24N2O4. The van der Waals surface area contributed by atoms with Crippen molar-refractivity contribution in [1.29, 1.82) is 0 Å². The number of amides is 2. The SMILES string of the molecule is CCCC(=O)N1CC(=O)N2[C@@H](C[C@H](C(=O)OC)[C@@H]2c2ccccc2)C1. The number of carbonyl (C=O) groups excluding carboxylic acids is 3. The van der Waals surface area contributed by atoms with Gasteiger partial charge in [-0.25, -0.2) is 0 Å². The molecule has 2 aliphatic rings. The van der Waals surface area contributed by atoms with Gasteiger partial charge in [-0.3, -0.25) is 14.4 Å². The Bertz CT molecular complexity index is 661. The predicted octanol–water partition coefficient (Wildman–Crippen LogP) is 1.76. The van der Waals surface area contributed by atoms with Gasteiger partial charge in [0.05, 0.1) is 31.7 Å². The van der Waals surface area contributed by atoms with Crippen LogP contribution in [0.1, 0.15) is 37.8 Å². The van der Waals surface area contributed by atoms with Gasteiger partial charge in [-0.2, -0.15) is 0 Å². The Hall–Kier alpha value is -2.37. The molecule has 6 nitrogen and oxygen atoms in total. The molecule has 2 saturated heterocycles. The van der Waals surface area contributed by atoms with Gasteiger partial charge in [-0.05, 0) is 18.4 Å². The number of hydrogen-bond donors (Lipinski definition) is 0. The standard InChI is InChI=1S/C19H24N2O4/c1-3-7-16(22)20-11-14-10-15(19(24)25-2)18(21(14)17(23)12-20)13-8-5-4-6-9-13/h4-6,8-9,14-15,18H,3,7,10-12H2,1-2H3/t14-,15-,18-/m0/s1. The van der Waals surface area contributed by atoms with Crippen molar-refractivity contribution in [2.45, 2.75) is 38.3 Å². The van der Waals surface area contributed by atoms with E-state index in [0.717, 1.165) is 12.0 Å². The number of methoxy groups -OCH3 is 1. The third-order valence-electron chi connectivity index (χ3n) is 5.11. The van der Waals surface area contributed by atoms with Crippen molar-refractivity contribution < 1.29 is 19.1 Å². The average molecular weight is 344 g/mol. The maximum Gasteiger partial charge on any atom is 0.311 e. The number of piperazine rings is 1. The number of rotatable bonds is 4. The maximum atomic E-state index is 12.8. The van der Waals surface area contributed by atoms with Gasteiger partial charge in [0.2, 0.25) is 11.8 Å². The summed E-state index contributed by atoms with van der Waals surface area (Å²) in [5, 5.41) is 0. The monoisotopic (exact) mass is 344 g/mol. The molecule has 25 heavy (non-hydrogen) atoms. The van der Waals surface area contributed by atoms with E-state index in [1.807, 2.05) is 37.3 Å². The molecule has 0 radical (unpaired) electrons. The van der Waals surface area contributed by atoms with Crippen molar-refractivity contribution in [3.63, 3.8) is 0 Å². The summed E-state index contributed by atoms with van der Waals surface area (Å²) in [4.78, 5) is 40.8. The first-order valence-electron chi connectivity index (χ1n) is 8.78. The third kappa shape index (κ3) is 3.25. The van der Waals surface area contributed by atoms with Crippen molar-refractivity contribution >= 4 is 17.8 Å². The Morgan fingerprint density at radius 2 is 1.96 bits per heavy atom. The normalized spacial score (nSPS) is 25.7. The van der Waals surface area contributed by atoms with E-state index in [-0.39, 0.29) is 36.4 Å². The Balaban J connectivity index is 1.90. The van der Waals surface area contributed by atoms with E-state index in [2.05, 4.69) is 0 Å². The highest BCUT2D eigenvalue weighted by Gasteiger charge is 2.51. The smallest absolute Gasteiger partial charge is 0.311 e. The molecule has 0 aromatic heterocycles. The fourth-order valence-corrected chi connectivity index (χ4v) is 4.02. The lowest BCUT2D eigenvalue weighted by molar-refractivity contribution is -0.151. The van der Waals surface area contributed by atoms with Gasteiger partial charge in [0, 0.05) is 13.0 Å². The topological polar surface area (TPSA) is 66.9 Å². The second-order valence-electron chi connectivity index (χ2n) is 6.70. The summed E-state index contributed by atoms with van der Waals surface area (Å²) in [7, 11) is 1.38. The summed E-state index contributed by atoms with van der Waals surface area (Å²) >= 11 is 0. The van der Waals surface area contributed by atoms with Crippen LogP contribution in [-0.2, 0) is 19.1 Å². The Labute approximate surface area is 147 Å². The lowest BCUT2D eigenvalue weighted by atomic mass is 9.93. The van der Waals surface area contributed by atoms with E-state index in [9.17, 15) is 14.4 Å². The number of esters is 1. The minimum Gasteiger partial charge on any atom is -0.469 e. The second-order valence-corrected chi connectivity index (χ2v) is 6.70. The van der Waals surface area contributed by atoms with Crippen LogP contribution in [-0.4, -0.2) is 53.8 Å². The number of hydrogen-bond acceptors (Lipinski definition) is 4. The van der Waals surface area contributed by atoms with Crippen molar-refractivity contribution in [3.8, 4) is 0 Å². The van der Waals surface area contributed by atoms with Gasteiger partial charge in [0.15, 0.2) is 0 Å². The van der Waals surface area contributed by atoms with Crippen LogP contribution in [0, 0.1) is 5.92 Å². The zero-order chi connectivity index (χ0) is 18.0. The number of nitrogens with zero attached hydrogens (tertiary/aromatic N) is 2. The quantitative estimate of drug-likeness (QED) is 0.781. The highest BCUT2D eigenvalue weighted by atomic mass is 16.5. The minimum atomic E-state index is -0.400. The van der Waals surface area contributed by atoms with Crippen LogP contribution in [0.4, 0.5) is 0 Å².